The van der Waals surface area contributed by atoms with Crippen LogP contribution >= 0.6 is 11.3 Å². The van der Waals surface area contributed by atoms with Crippen LogP contribution in [0.4, 0.5) is 5.69 Å². The van der Waals surface area contributed by atoms with Gasteiger partial charge in [-0.15, -0.1) is 11.3 Å². The Hall–Kier alpha value is -1.85. The predicted molar refractivity (Wildman–Crippen MR) is 88.3 cm³/mol. The number of fused-ring (bicyclic) bond motifs is 1. The summed E-state index contributed by atoms with van der Waals surface area (Å²) in [5.74, 6) is 0.00130. The van der Waals surface area contributed by atoms with E-state index in [1.807, 2.05) is 29.6 Å². The number of hydrogen-bond acceptors (Lipinski definition) is 4. The highest BCUT2D eigenvalue weighted by Gasteiger charge is 2.20. The lowest BCUT2D eigenvalue weighted by Gasteiger charge is -2.09. The SMILES string of the molecule is Cc1c(N)cccc1S(=O)(=O)Cc1csc2ccccc12. The molecule has 108 valence electrons. The van der Waals surface area contributed by atoms with Crippen molar-refractivity contribution < 1.29 is 8.42 Å². The molecule has 0 spiro atoms. The molecule has 3 aromatic rings. The Labute approximate surface area is 128 Å². The van der Waals surface area contributed by atoms with E-state index in [9.17, 15) is 8.42 Å². The summed E-state index contributed by atoms with van der Waals surface area (Å²) in [6.07, 6.45) is 0. The van der Waals surface area contributed by atoms with Gasteiger partial charge in [-0.25, -0.2) is 8.42 Å². The van der Waals surface area contributed by atoms with Gasteiger partial charge in [0.15, 0.2) is 9.84 Å². The monoisotopic (exact) mass is 317 g/mol. The maximum absolute atomic E-state index is 12.7. The quantitative estimate of drug-likeness (QED) is 0.748. The average molecular weight is 317 g/mol. The number of nitrogen functional groups attached to an aromatic ring is 1. The second-order valence-corrected chi connectivity index (χ2v) is 7.86. The van der Waals surface area contributed by atoms with Crippen molar-refractivity contribution in [1.82, 2.24) is 0 Å². The summed E-state index contributed by atoms with van der Waals surface area (Å²) in [4.78, 5) is 0.317. The largest absolute Gasteiger partial charge is 0.398 e. The highest BCUT2D eigenvalue weighted by Crippen LogP contribution is 2.30. The van der Waals surface area contributed by atoms with Crippen LogP contribution in [0.15, 0.2) is 52.7 Å². The van der Waals surface area contributed by atoms with E-state index < -0.39 is 9.84 Å². The molecule has 3 nitrogen and oxygen atoms in total. The van der Waals surface area contributed by atoms with E-state index in [1.54, 1.807) is 36.5 Å². The lowest BCUT2D eigenvalue weighted by Crippen LogP contribution is -2.07. The van der Waals surface area contributed by atoms with Crippen LogP contribution in [0, 0.1) is 6.92 Å². The molecule has 0 bridgehead atoms. The third kappa shape index (κ3) is 2.54. The highest BCUT2D eigenvalue weighted by atomic mass is 32.2. The minimum absolute atomic E-state index is 0.00130. The molecule has 0 fully saturated rings. The standard InChI is InChI=1S/C16H15NO2S2/c1-11-14(17)6-4-8-16(11)21(18,19)10-12-9-20-15-7-3-2-5-13(12)15/h2-9H,10,17H2,1H3. The third-order valence-corrected chi connectivity index (χ3v) is 6.38. The van der Waals surface area contributed by atoms with Gasteiger partial charge in [0.2, 0.25) is 0 Å². The molecule has 1 aromatic heterocycles. The van der Waals surface area contributed by atoms with Crippen molar-refractivity contribution in [3.8, 4) is 0 Å². The molecule has 3 rings (SSSR count). The maximum Gasteiger partial charge on any atom is 0.182 e. The van der Waals surface area contributed by atoms with Crippen LogP contribution in [-0.4, -0.2) is 8.42 Å². The lowest BCUT2D eigenvalue weighted by atomic mass is 10.2. The molecule has 0 atom stereocenters. The molecular formula is C16H15NO2S2. The molecule has 0 aliphatic heterocycles. The number of sulfone groups is 1. The molecule has 21 heavy (non-hydrogen) atoms. The van der Waals surface area contributed by atoms with Crippen LogP contribution in [-0.2, 0) is 15.6 Å². The molecule has 2 N–H and O–H groups in total. The van der Waals surface area contributed by atoms with Gasteiger partial charge in [0.05, 0.1) is 10.6 Å². The number of hydrogen-bond donors (Lipinski definition) is 1. The molecule has 1 heterocycles. The smallest absolute Gasteiger partial charge is 0.182 e. The van der Waals surface area contributed by atoms with Crippen molar-refractivity contribution in [3.05, 3.63) is 59.0 Å². The topological polar surface area (TPSA) is 60.2 Å². The van der Waals surface area contributed by atoms with Crippen molar-refractivity contribution in [2.75, 3.05) is 5.73 Å². The van der Waals surface area contributed by atoms with E-state index >= 15 is 0 Å². The van der Waals surface area contributed by atoms with Gasteiger partial charge in [-0.1, -0.05) is 24.3 Å². The van der Waals surface area contributed by atoms with E-state index in [2.05, 4.69) is 0 Å². The molecular weight excluding hydrogens is 302 g/mol. The van der Waals surface area contributed by atoms with Crippen molar-refractivity contribution in [1.29, 1.82) is 0 Å². The minimum Gasteiger partial charge on any atom is -0.398 e. The van der Waals surface area contributed by atoms with Crippen LogP contribution in [0.1, 0.15) is 11.1 Å². The zero-order valence-corrected chi connectivity index (χ0v) is 13.2. The fraction of sp³-hybridized carbons (Fsp3) is 0.125. The Kier molecular flexibility index (Phi) is 3.47. The number of thiophene rings is 1. The molecule has 5 heteroatoms. The Balaban J connectivity index is 2.06. The molecule has 0 radical (unpaired) electrons. The van der Waals surface area contributed by atoms with Gasteiger partial charge in [-0.05, 0) is 47.0 Å². The van der Waals surface area contributed by atoms with Crippen LogP contribution in [0.25, 0.3) is 10.1 Å². The van der Waals surface area contributed by atoms with Gasteiger partial charge < -0.3 is 5.73 Å². The number of anilines is 1. The predicted octanol–water partition coefficient (Wildman–Crippen LogP) is 3.77. The normalized spacial score (nSPS) is 11.9. The molecule has 0 aliphatic rings. The summed E-state index contributed by atoms with van der Waals surface area (Å²) in [5.41, 5.74) is 7.79. The minimum atomic E-state index is -3.40. The van der Waals surface area contributed by atoms with E-state index in [0.717, 1.165) is 15.6 Å². The van der Waals surface area contributed by atoms with E-state index in [1.165, 1.54) is 0 Å². The van der Waals surface area contributed by atoms with Gasteiger partial charge >= 0.3 is 0 Å². The van der Waals surface area contributed by atoms with E-state index in [4.69, 9.17) is 5.73 Å². The fourth-order valence-corrected chi connectivity index (χ4v) is 5.14. The van der Waals surface area contributed by atoms with Gasteiger partial charge in [0.25, 0.3) is 0 Å². The van der Waals surface area contributed by atoms with Gasteiger partial charge in [0, 0.05) is 10.4 Å². The Bertz CT molecular complexity index is 911. The second-order valence-electron chi connectivity index (χ2n) is 4.99. The first-order valence-electron chi connectivity index (χ1n) is 6.52. The first-order valence-corrected chi connectivity index (χ1v) is 9.05. The first kappa shape index (κ1) is 14.1. The Morgan fingerprint density at radius 3 is 2.67 bits per heavy atom. The zero-order valence-electron chi connectivity index (χ0n) is 11.5. The molecule has 0 saturated heterocycles. The Morgan fingerprint density at radius 1 is 1.10 bits per heavy atom. The third-order valence-electron chi connectivity index (χ3n) is 3.57. The van der Waals surface area contributed by atoms with Gasteiger partial charge in [-0.3, -0.25) is 0 Å². The first-order chi connectivity index (χ1) is 9.99. The van der Waals surface area contributed by atoms with Crippen molar-refractivity contribution in [2.45, 2.75) is 17.6 Å². The van der Waals surface area contributed by atoms with Crippen LogP contribution < -0.4 is 5.73 Å². The summed E-state index contributed by atoms with van der Waals surface area (Å²) in [6, 6.07) is 12.9. The maximum atomic E-state index is 12.7. The van der Waals surface area contributed by atoms with Crippen molar-refractivity contribution in [3.63, 3.8) is 0 Å². The number of nitrogens with two attached hydrogens (primary N) is 1. The number of benzene rings is 2. The van der Waals surface area contributed by atoms with Crippen LogP contribution in [0.3, 0.4) is 0 Å². The van der Waals surface area contributed by atoms with Crippen molar-refractivity contribution >= 4 is 36.9 Å². The molecule has 0 amide bonds. The second kappa shape index (κ2) is 5.16. The van der Waals surface area contributed by atoms with E-state index in [0.29, 0.717) is 16.1 Å². The highest BCUT2D eigenvalue weighted by molar-refractivity contribution is 7.90. The molecule has 2 aromatic carbocycles. The lowest BCUT2D eigenvalue weighted by molar-refractivity contribution is 0.595. The van der Waals surface area contributed by atoms with Crippen LogP contribution in [0.2, 0.25) is 0 Å². The van der Waals surface area contributed by atoms with Gasteiger partial charge in [0.1, 0.15) is 0 Å². The molecule has 0 aliphatic carbocycles. The number of rotatable bonds is 3. The fourth-order valence-electron chi connectivity index (χ4n) is 2.40. The average Bonchev–Trinajstić information content (AvgIpc) is 2.84. The molecule has 0 saturated carbocycles. The summed E-state index contributed by atoms with van der Waals surface area (Å²) in [5, 5.41) is 2.93. The Morgan fingerprint density at radius 2 is 1.86 bits per heavy atom. The van der Waals surface area contributed by atoms with Gasteiger partial charge in [-0.2, -0.15) is 0 Å². The van der Waals surface area contributed by atoms with Crippen LogP contribution in [0.5, 0.6) is 0 Å². The zero-order chi connectivity index (χ0) is 15.0. The summed E-state index contributed by atoms with van der Waals surface area (Å²) in [6.45, 7) is 1.74. The summed E-state index contributed by atoms with van der Waals surface area (Å²) < 4.78 is 26.4. The molecule has 0 unspecified atom stereocenters. The van der Waals surface area contributed by atoms with Crippen molar-refractivity contribution in [2.24, 2.45) is 0 Å². The van der Waals surface area contributed by atoms with E-state index in [-0.39, 0.29) is 5.75 Å². The summed E-state index contributed by atoms with van der Waals surface area (Å²) >= 11 is 1.57. The summed E-state index contributed by atoms with van der Waals surface area (Å²) in [7, 11) is -3.40.